The first kappa shape index (κ1) is 14.8. The van der Waals surface area contributed by atoms with E-state index < -0.39 is 0 Å². The highest BCUT2D eigenvalue weighted by molar-refractivity contribution is 5.47. The van der Waals surface area contributed by atoms with E-state index in [0.717, 1.165) is 0 Å². The summed E-state index contributed by atoms with van der Waals surface area (Å²) in [7, 11) is 0. The first-order chi connectivity index (χ1) is 11.3. The van der Waals surface area contributed by atoms with Gasteiger partial charge < -0.3 is 9.80 Å². The number of para-hydroxylation sites is 1. The molecule has 2 aromatic rings. The molecule has 1 spiro atoms. The normalized spacial score (nSPS) is 24.6. The Balaban J connectivity index is 1.33. The zero-order chi connectivity index (χ0) is 15.5. The lowest BCUT2D eigenvalue weighted by Gasteiger charge is -2.25. The fourth-order valence-electron chi connectivity index (χ4n) is 4.28. The van der Waals surface area contributed by atoms with Gasteiger partial charge in [-0.3, -0.25) is 0 Å². The lowest BCUT2D eigenvalue weighted by Crippen LogP contribution is -2.31. The third-order valence-corrected chi connectivity index (χ3v) is 5.64. The van der Waals surface area contributed by atoms with Gasteiger partial charge in [-0.2, -0.15) is 0 Å². The average molecular weight is 306 g/mol. The van der Waals surface area contributed by atoms with Crippen molar-refractivity contribution in [3.8, 4) is 0 Å². The Bertz CT molecular complexity index is 625. The molecule has 0 amide bonds. The summed E-state index contributed by atoms with van der Waals surface area (Å²) in [5.74, 6) is 0. The minimum atomic E-state index is 0.534. The van der Waals surface area contributed by atoms with E-state index in [-0.39, 0.29) is 0 Å². The number of likely N-dealkylation sites (tertiary alicyclic amines) is 1. The van der Waals surface area contributed by atoms with Crippen molar-refractivity contribution in [2.24, 2.45) is 5.41 Å². The second-order valence-electron chi connectivity index (χ2n) is 7.27. The van der Waals surface area contributed by atoms with E-state index in [1.807, 2.05) is 0 Å². The van der Waals surface area contributed by atoms with Crippen LogP contribution in [0.1, 0.15) is 18.4 Å². The monoisotopic (exact) mass is 306 g/mol. The van der Waals surface area contributed by atoms with Crippen LogP contribution in [-0.4, -0.2) is 37.6 Å². The van der Waals surface area contributed by atoms with E-state index in [0.29, 0.717) is 5.41 Å². The molecule has 2 fully saturated rings. The molecule has 1 unspecified atom stereocenters. The third-order valence-electron chi connectivity index (χ3n) is 5.64. The number of anilines is 1. The van der Waals surface area contributed by atoms with Crippen LogP contribution >= 0.6 is 0 Å². The molecule has 2 aromatic carbocycles. The predicted molar refractivity (Wildman–Crippen MR) is 96.9 cm³/mol. The molecule has 4 rings (SSSR count). The van der Waals surface area contributed by atoms with Crippen molar-refractivity contribution in [3.63, 3.8) is 0 Å². The van der Waals surface area contributed by atoms with Crippen molar-refractivity contribution in [3.05, 3.63) is 66.2 Å². The van der Waals surface area contributed by atoms with Gasteiger partial charge in [0.2, 0.25) is 0 Å². The van der Waals surface area contributed by atoms with Crippen LogP contribution in [-0.2, 0) is 6.42 Å². The van der Waals surface area contributed by atoms with Crippen LogP contribution in [0, 0.1) is 5.41 Å². The zero-order valence-corrected chi connectivity index (χ0v) is 13.8. The zero-order valence-electron chi connectivity index (χ0n) is 13.8. The SMILES string of the molecule is c1ccc(CCN2CCC3(CCN(c4ccccc4)C3)C2)cc1. The highest BCUT2D eigenvalue weighted by Crippen LogP contribution is 2.40. The van der Waals surface area contributed by atoms with Crippen LogP contribution in [0.5, 0.6) is 0 Å². The lowest BCUT2D eigenvalue weighted by molar-refractivity contribution is 0.278. The number of benzene rings is 2. The van der Waals surface area contributed by atoms with Crippen molar-refractivity contribution in [1.29, 1.82) is 0 Å². The Labute approximate surface area is 139 Å². The molecule has 23 heavy (non-hydrogen) atoms. The number of rotatable bonds is 4. The molecule has 2 aliphatic heterocycles. The highest BCUT2D eigenvalue weighted by atomic mass is 15.2. The molecular formula is C21H26N2. The fraction of sp³-hybridized carbons (Fsp3) is 0.429. The standard InChI is InChI=1S/C21H26N2/c1-3-7-19(8-4-1)11-14-22-15-12-21(17-22)13-16-23(18-21)20-9-5-2-6-10-20/h1-10H,11-18H2. The molecule has 0 aromatic heterocycles. The molecule has 0 saturated carbocycles. The van der Waals surface area contributed by atoms with Gasteiger partial charge in [0.15, 0.2) is 0 Å². The molecular weight excluding hydrogens is 280 g/mol. The van der Waals surface area contributed by atoms with Crippen LogP contribution in [0.4, 0.5) is 5.69 Å². The quantitative estimate of drug-likeness (QED) is 0.847. The third kappa shape index (κ3) is 3.28. The Morgan fingerprint density at radius 1 is 0.783 bits per heavy atom. The molecule has 2 heterocycles. The number of hydrogen-bond donors (Lipinski definition) is 0. The smallest absolute Gasteiger partial charge is 0.0366 e. The molecule has 2 nitrogen and oxygen atoms in total. The summed E-state index contributed by atoms with van der Waals surface area (Å²) in [6, 6.07) is 21.8. The highest BCUT2D eigenvalue weighted by Gasteiger charge is 2.43. The van der Waals surface area contributed by atoms with Crippen molar-refractivity contribution in [1.82, 2.24) is 4.90 Å². The van der Waals surface area contributed by atoms with Crippen LogP contribution in [0.15, 0.2) is 60.7 Å². The van der Waals surface area contributed by atoms with Gasteiger partial charge in [-0.05, 0) is 43.5 Å². The Morgan fingerprint density at radius 2 is 1.48 bits per heavy atom. The number of nitrogens with zero attached hydrogens (tertiary/aromatic N) is 2. The van der Waals surface area contributed by atoms with E-state index >= 15 is 0 Å². The minimum Gasteiger partial charge on any atom is -0.371 e. The van der Waals surface area contributed by atoms with E-state index in [9.17, 15) is 0 Å². The van der Waals surface area contributed by atoms with Gasteiger partial charge in [-0.1, -0.05) is 48.5 Å². The lowest BCUT2D eigenvalue weighted by atomic mass is 9.86. The van der Waals surface area contributed by atoms with E-state index in [4.69, 9.17) is 0 Å². The van der Waals surface area contributed by atoms with Gasteiger partial charge in [0.1, 0.15) is 0 Å². The van der Waals surface area contributed by atoms with Crippen LogP contribution in [0.2, 0.25) is 0 Å². The summed E-state index contributed by atoms with van der Waals surface area (Å²) in [4.78, 5) is 5.27. The summed E-state index contributed by atoms with van der Waals surface area (Å²) >= 11 is 0. The van der Waals surface area contributed by atoms with Crippen molar-refractivity contribution in [2.75, 3.05) is 37.6 Å². The van der Waals surface area contributed by atoms with Crippen molar-refractivity contribution >= 4 is 5.69 Å². The number of hydrogen-bond acceptors (Lipinski definition) is 2. The molecule has 2 saturated heterocycles. The summed E-state index contributed by atoms with van der Waals surface area (Å²) in [6.45, 7) is 6.21. The maximum Gasteiger partial charge on any atom is 0.0366 e. The Kier molecular flexibility index (Phi) is 4.09. The van der Waals surface area contributed by atoms with Gasteiger partial charge in [-0.25, -0.2) is 0 Å². The second-order valence-corrected chi connectivity index (χ2v) is 7.27. The van der Waals surface area contributed by atoms with Gasteiger partial charge in [0, 0.05) is 37.3 Å². The van der Waals surface area contributed by atoms with Crippen LogP contribution in [0.25, 0.3) is 0 Å². The summed E-state index contributed by atoms with van der Waals surface area (Å²) in [6.07, 6.45) is 3.90. The molecule has 2 heteroatoms. The molecule has 0 radical (unpaired) electrons. The average Bonchev–Trinajstić information content (AvgIpc) is 3.22. The Morgan fingerprint density at radius 3 is 2.26 bits per heavy atom. The fourth-order valence-corrected chi connectivity index (χ4v) is 4.28. The molecule has 0 aliphatic carbocycles. The van der Waals surface area contributed by atoms with Crippen molar-refractivity contribution < 1.29 is 0 Å². The maximum absolute atomic E-state index is 2.68. The van der Waals surface area contributed by atoms with Gasteiger partial charge >= 0.3 is 0 Å². The van der Waals surface area contributed by atoms with Crippen molar-refractivity contribution in [2.45, 2.75) is 19.3 Å². The molecule has 120 valence electrons. The molecule has 2 aliphatic rings. The van der Waals surface area contributed by atoms with E-state index in [1.54, 1.807) is 0 Å². The Hall–Kier alpha value is -1.80. The largest absolute Gasteiger partial charge is 0.371 e. The summed E-state index contributed by atoms with van der Waals surface area (Å²) in [5.41, 5.74) is 3.39. The molecule has 0 N–H and O–H groups in total. The first-order valence-electron chi connectivity index (χ1n) is 8.89. The topological polar surface area (TPSA) is 6.48 Å². The van der Waals surface area contributed by atoms with Gasteiger partial charge in [-0.15, -0.1) is 0 Å². The van der Waals surface area contributed by atoms with E-state index in [2.05, 4.69) is 70.5 Å². The van der Waals surface area contributed by atoms with Crippen LogP contribution in [0.3, 0.4) is 0 Å². The molecule has 0 bridgehead atoms. The first-order valence-corrected chi connectivity index (χ1v) is 8.89. The van der Waals surface area contributed by atoms with E-state index in [1.165, 1.54) is 63.2 Å². The van der Waals surface area contributed by atoms with Gasteiger partial charge in [0.05, 0.1) is 0 Å². The molecule has 1 atom stereocenters. The summed E-state index contributed by atoms with van der Waals surface area (Å²) < 4.78 is 0. The minimum absolute atomic E-state index is 0.534. The second kappa shape index (κ2) is 6.37. The summed E-state index contributed by atoms with van der Waals surface area (Å²) in [5, 5.41) is 0. The maximum atomic E-state index is 2.68. The van der Waals surface area contributed by atoms with Crippen LogP contribution < -0.4 is 4.90 Å². The van der Waals surface area contributed by atoms with Gasteiger partial charge in [0.25, 0.3) is 0 Å². The predicted octanol–water partition coefficient (Wildman–Crippen LogP) is 3.83.